The molecule has 2 heterocycles. The molecule has 0 saturated carbocycles. The van der Waals surface area contributed by atoms with Crippen LogP contribution in [0, 0.1) is 0 Å². The van der Waals surface area contributed by atoms with E-state index in [-0.39, 0.29) is 12.3 Å². The topological polar surface area (TPSA) is 95.7 Å². The van der Waals surface area contributed by atoms with Gasteiger partial charge in [-0.15, -0.1) is 0 Å². The van der Waals surface area contributed by atoms with Crippen molar-refractivity contribution in [2.75, 3.05) is 26.4 Å². The van der Waals surface area contributed by atoms with Crippen LogP contribution in [0.3, 0.4) is 0 Å². The molecule has 0 aliphatic carbocycles. The number of benzene rings is 2. The molecule has 0 fully saturated rings. The second-order valence-corrected chi connectivity index (χ2v) is 7.05. The second kappa shape index (κ2) is 9.97. The van der Waals surface area contributed by atoms with Crippen molar-refractivity contribution in [1.29, 1.82) is 0 Å². The first-order valence-electron chi connectivity index (χ1n) is 10.4. The SMILES string of the molecule is CCOc1ccc(-c2noc(CCC(=O)NCCc3ccc4c(c3)OCCO4)n2)cc1. The summed E-state index contributed by atoms with van der Waals surface area (Å²) >= 11 is 0. The molecule has 0 spiro atoms. The Hall–Kier alpha value is -3.55. The number of hydrogen-bond donors (Lipinski definition) is 1. The normalized spacial score (nSPS) is 12.4. The highest BCUT2D eigenvalue weighted by molar-refractivity contribution is 5.76. The second-order valence-electron chi connectivity index (χ2n) is 7.05. The van der Waals surface area contributed by atoms with E-state index in [9.17, 15) is 4.79 Å². The molecule has 2 aromatic carbocycles. The predicted octanol–water partition coefficient (Wildman–Crippen LogP) is 3.20. The predicted molar refractivity (Wildman–Crippen MR) is 113 cm³/mol. The van der Waals surface area contributed by atoms with Gasteiger partial charge in [0.1, 0.15) is 19.0 Å². The van der Waals surface area contributed by atoms with Crippen molar-refractivity contribution in [3.05, 3.63) is 53.9 Å². The van der Waals surface area contributed by atoms with E-state index in [0.29, 0.717) is 50.9 Å². The van der Waals surface area contributed by atoms with E-state index in [1.54, 1.807) is 0 Å². The number of aromatic nitrogens is 2. The van der Waals surface area contributed by atoms with E-state index in [0.717, 1.165) is 28.4 Å². The quantitative estimate of drug-likeness (QED) is 0.565. The highest BCUT2D eigenvalue weighted by Crippen LogP contribution is 2.30. The van der Waals surface area contributed by atoms with Crippen LogP contribution in [0.1, 0.15) is 24.8 Å². The lowest BCUT2D eigenvalue weighted by Gasteiger charge is -2.18. The number of amides is 1. The number of nitrogens with zero attached hydrogens (tertiary/aromatic N) is 2. The molecule has 1 N–H and O–H groups in total. The fourth-order valence-corrected chi connectivity index (χ4v) is 3.24. The molecular formula is C23H25N3O5. The van der Waals surface area contributed by atoms with Gasteiger partial charge in [-0.3, -0.25) is 4.79 Å². The number of aryl methyl sites for hydroxylation is 1. The van der Waals surface area contributed by atoms with Crippen LogP contribution in [0.25, 0.3) is 11.4 Å². The largest absolute Gasteiger partial charge is 0.494 e. The third kappa shape index (κ3) is 5.53. The Morgan fingerprint density at radius 1 is 1.06 bits per heavy atom. The first-order chi connectivity index (χ1) is 15.2. The molecule has 1 aromatic heterocycles. The monoisotopic (exact) mass is 423 g/mol. The minimum Gasteiger partial charge on any atom is -0.494 e. The van der Waals surface area contributed by atoms with Crippen LogP contribution in [-0.2, 0) is 17.6 Å². The van der Waals surface area contributed by atoms with Gasteiger partial charge in [0.2, 0.25) is 17.6 Å². The molecule has 4 rings (SSSR count). The van der Waals surface area contributed by atoms with Crippen LogP contribution < -0.4 is 19.5 Å². The van der Waals surface area contributed by atoms with E-state index in [4.69, 9.17) is 18.7 Å². The van der Waals surface area contributed by atoms with Crippen molar-refractivity contribution < 1.29 is 23.5 Å². The first-order valence-corrected chi connectivity index (χ1v) is 10.4. The number of nitrogens with one attached hydrogen (secondary N) is 1. The van der Waals surface area contributed by atoms with Crippen molar-refractivity contribution in [3.63, 3.8) is 0 Å². The summed E-state index contributed by atoms with van der Waals surface area (Å²) in [4.78, 5) is 16.5. The van der Waals surface area contributed by atoms with Crippen LogP contribution in [0.5, 0.6) is 17.2 Å². The van der Waals surface area contributed by atoms with Crippen molar-refractivity contribution >= 4 is 5.91 Å². The molecular weight excluding hydrogens is 398 g/mol. The van der Waals surface area contributed by atoms with E-state index >= 15 is 0 Å². The molecule has 0 bridgehead atoms. The van der Waals surface area contributed by atoms with Crippen molar-refractivity contribution in [3.8, 4) is 28.6 Å². The molecule has 0 atom stereocenters. The van der Waals surface area contributed by atoms with Crippen molar-refractivity contribution in [2.45, 2.75) is 26.2 Å². The van der Waals surface area contributed by atoms with E-state index in [1.165, 1.54) is 0 Å². The Bertz CT molecular complexity index is 1020. The maximum absolute atomic E-state index is 12.2. The van der Waals surface area contributed by atoms with Gasteiger partial charge in [0.05, 0.1) is 6.61 Å². The summed E-state index contributed by atoms with van der Waals surface area (Å²) in [6.07, 6.45) is 1.39. The van der Waals surface area contributed by atoms with Gasteiger partial charge in [-0.1, -0.05) is 11.2 Å². The highest BCUT2D eigenvalue weighted by Gasteiger charge is 2.13. The number of ether oxygens (including phenoxy) is 3. The molecule has 1 aliphatic rings. The van der Waals surface area contributed by atoms with Gasteiger partial charge in [-0.05, 0) is 55.3 Å². The molecule has 3 aromatic rings. The number of hydrogen-bond acceptors (Lipinski definition) is 7. The molecule has 8 heteroatoms. The Balaban J connectivity index is 1.21. The smallest absolute Gasteiger partial charge is 0.227 e. The molecule has 1 aliphatic heterocycles. The fraction of sp³-hybridized carbons (Fsp3) is 0.348. The molecule has 0 unspecified atom stereocenters. The zero-order chi connectivity index (χ0) is 21.5. The summed E-state index contributed by atoms with van der Waals surface area (Å²) in [6, 6.07) is 13.3. The lowest BCUT2D eigenvalue weighted by Crippen LogP contribution is -2.26. The molecule has 162 valence electrons. The van der Waals surface area contributed by atoms with Gasteiger partial charge in [0.25, 0.3) is 0 Å². The lowest BCUT2D eigenvalue weighted by molar-refractivity contribution is -0.121. The average Bonchev–Trinajstić information content (AvgIpc) is 3.27. The van der Waals surface area contributed by atoms with Gasteiger partial charge < -0.3 is 24.1 Å². The maximum Gasteiger partial charge on any atom is 0.227 e. The summed E-state index contributed by atoms with van der Waals surface area (Å²) in [6.45, 7) is 4.23. The third-order valence-corrected chi connectivity index (χ3v) is 4.80. The van der Waals surface area contributed by atoms with Gasteiger partial charge in [0.15, 0.2) is 11.5 Å². The maximum atomic E-state index is 12.2. The van der Waals surface area contributed by atoms with Crippen LogP contribution >= 0.6 is 0 Å². The Morgan fingerprint density at radius 3 is 2.68 bits per heavy atom. The minimum atomic E-state index is -0.0571. The summed E-state index contributed by atoms with van der Waals surface area (Å²) in [5.74, 6) is 3.20. The van der Waals surface area contributed by atoms with Crippen LogP contribution in [0.4, 0.5) is 0 Å². The van der Waals surface area contributed by atoms with Crippen molar-refractivity contribution in [2.24, 2.45) is 0 Å². The molecule has 0 saturated heterocycles. The summed E-state index contributed by atoms with van der Waals surface area (Å²) in [5, 5.41) is 6.92. The van der Waals surface area contributed by atoms with Crippen LogP contribution in [0.2, 0.25) is 0 Å². The molecule has 0 radical (unpaired) electrons. The summed E-state index contributed by atoms with van der Waals surface area (Å²) in [7, 11) is 0. The fourth-order valence-electron chi connectivity index (χ4n) is 3.24. The van der Waals surface area contributed by atoms with Crippen LogP contribution in [-0.4, -0.2) is 42.4 Å². The minimum absolute atomic E-state index is 0.0571. The first kappa shape index (κ1) is 20.7. The van der Waals surface area contributed by atoms with E-state index in [2.05, 4.69) is 15.5 Å². The number of carbonyl (C=O) groups is 1. The van der Waals surface area contributed by atoms with Crippen LogP contribution in [0.15, 0.2) is 47.0 Å². The van der Waals surface area contributed by atoms with Gasteiger partial charge >= 0.3 is 0 Å². The number of carbonyl (C=O) groups excluding carboxylic acids is 1. The Labute approximate surface area is 180 Å². The third-order valence-electron chi connectivity index (χ3n) is 4.80. The molecule has 31 heavy (non-hydrogen) atoms. The van der Waals surface area contributed by atoms with Gasteiger partial charge in [-0.2, -0.15) is 4.98 Å². The highest BCUT2D eigenvalue weighted by atomic mass is 16.6. The molecule has 1 amide bonds. The van der Waals surface area contributed by atoms with Gasteiger partial charge in [0, 0.05) is 24.9 Å². The Kier molecular flexibility index (Phi) is 6.66. The summed E-state index contributed by atoms with van der Waals surface area (Å²) < 4.78 is 21.8. The standard InChI is InChI=1S/C23H25N3O5/c1-2-28-18-6-4-17(5-7-18)23-25-22(31-26-23)10-9-21(27)24-12-11-16-3-8-19-20(15-16)30-14-13-29-19/h3-8,15H,2,9-14H2,1H3,(H,24,27). The molecule has 8 nitrogen and oxygen atoms in total. The zero-order valence-electron chi connectivity index (χ0n) is 17.4. The van der Waals surface area contributed by atoms with E-state index in [1.807, 2.05) is 49.4 Å². The zero-order valence-corrected chi connectivity index (χ0v) is 17.4. The number of fused-ring (bicyclic) bond motifs is 1. The average molecular weight is 423 g/mol. The van der Waals surface area contributed by atoms with E-state index < -0.39 is 0 Å². The van der Waals surface area contributed by atoms with Crippen molar-refractivity contribution in [1.82, 2.24) is 15.5 Å². The lowest BCUT2D eigenvalue weighted by atomic mass is 10.1. The number of rotatable bonds is 9. The summed E-state index contributed by atoms with van der Waals surface area (Å²) in [5.41, 5.74) is 1.92. The van der Waals surface area contributed by atoms with Gasteiger partial charge in [-0.25, -0.2) is 0 Å². The Morgan fingerprint density at radius 2 is 1.87 bits per heavy atom.